The molecule has 6 atom stereocenters. The summed E-state index contributed by atoms with van der Waals surface area (Å²) in [4.78, 5) is 38.8. The molecule has 11 heteroatoms. The molecule has 11 nitrogen and oxygen atoms in total. The van der Waals surface area contributed by atoms with E-state index in [1.807, 2.05) is 12.2 Å². The number of amides is 3. The molecule has 0 aliphatic carbocycles. The van der Waals surface area contributed by atoms with Crippen LogP contribution < -0.4 is 16.0 Å². The Morgan fingerprint density at radius 1 is 0.523 bits per heavy atom. The molecule has 0 radical (unpaired) electrons. The van der Waals surface area contributed by atoms with E-state index in [0.717, 1.165) is 70.6 Å². The molecular weight excluding hydrogens is 819 g/mol. The summed E-state index contributed by atoms with van der Waals surface area (Å²) in [7, 11) is 0. The van der Waals surface area contributed by atoms with Crippen LogP contribution in [0.2, 0.25) is 0 Å². The highest BCUT2D eigenvalue weighted by atomic mass is 16.6. The lowest BCUT2D eigenvalue weighted by Crippen LogP contribution is -2.65. The van der Waals surface area contributed by atoms with Gasteiger partial charge in [0.2, 0.25) is 17.7 Å². The van der Waals surface area contributed by atoms with Crippen molar-refractivity contribution in [2.24, 2.45) is 0 Å². The predicted octanol–water partition coefficient (Wildman–Crippen LogP) is 9.07. The maximum absolute atomic E-state index is 13.4. The smallest absolute Gasteiger partial charge is 0.243 e. The minimum Gasteiger partial charge on any atom is -0.394 e. The van der Waals surface area contributed by atoms with E-state index in [-0.39, 0.29) is 24.7 Å². The molecule has 3 amide bonds. The summed E-state index contributed by atoms with van der Waals surface area (Å²) in [5.74, 6) is -1.04. The van der Waals surface area contributed by atoms with E-state index in [1.54, 1.807) is 0 Å². The zero-order chi connectivity index (χ0) is 47.4. The molecule has 65 heavy (non-hydrogen) atoms. The van der Waals surface area contributed by atoms with E-state index in [0.29, 0.717) is 45.1 Å². The van der Waals surface area contributed by atoms with Crippen molar-refractivity contribution in [3.63, 3.8) is 0 Å². The first kappa shape index (κ1) is 58.4. The molecule has 1 aliphatic rings. The molecule has 0 spiro atoms. The largest absolute Gasteiger partial charge is 0.394 e. The molecule has 7 N–H and O–H groups in total. The van der Waals surface area contributed by atoms with Crippen LogP contribution in [0.15, 0.2) is 134 Å². The molecule has 1 aliphatic heterocycles. The van der Waals surface area contributed by atoms with Gasteiger partial charge in [0.15, 0.2) is 6.29 Å². The Kier molecular flexibility index (Phi) is 37.7. The summed E-state index contributed by atoms with van der Waals surface area (Å²) in [6.45, 7) is 4.04. The van der Waals surface area contributed by atoms with Crippen LogP contribution in [0, 0.1) is 0 Å². The van der Waals surface area contributed by atoms with Crippen molar-refractivity contribution in [3.8, 4) is 0 Å². The molecule has 0 aromatic heterocycles. The van der Waals surface area contributed by atoms with Gasteiger partial charge < -0.3 is 41.1 Å². The average molecular weight is 902 g/mol. The van der Waals surface area contributed by atoms with Gasteiger partial charge >= 0.3 is 0 Å². The number of carbonyl (C=O) groups is 3. The molecular formula is C54H83N3O8. The van der Waals surface area contributed by atoms with Crippen molar-refractivity contribution in [1.29, 1.82) is 0 Å². The van der Waals surface area contributed by atoms with Gasteiger partial charge in [-0.1, -0.05) is 148 Å². The minimum absolute atomic E-state index is 0.0698. The quantitative estimate of drug-likeness (QED) is 0.0241. The van der Waals surface area contributed by atoms with E-state index in [2.05, 4.69) is 151 Å². The summed E-state index contributed by atoms with van der Waals surface area (Å²) in [5.41, 5.74) is 0. The molecule has 0 bridgehead atoms. The molecule has 1 saturated heterocycles. The molecule has 1 rings (SSSR count). The van der Waals surface area contributed by atoms with Gasteiger partial charge in [0.1, 0.15) is 30.4 Å². The van der Waals surface area contributed by atoms with Crippen molar-refractivity contribution >= 4 is 17.7 Å². The van der Waals surface area contributed by atoms with Gasteiger partial charge in [-0.15, -0.1) is 0 Å². The fraction of sp³-hybridized carbons (Fsp3) is 0.537. The van der Waals surface area contributed by atoms with Crippen LogP contribution in [-0.2, 0) is 19.1 Å². The Bertz CT molecular complexity index is 1590. The van der Waals surface area contributed by atoms with Crippen molar-refractivity contribution in [3.05, 3.63) is 134 Å². The Hall–Kier alpha value is -4.65. The Morgan fingerprint density at radius 2 is 0.954 bits per heavy atom. The van der Waals surface area contributed by atoms with Gasteiger partial charge in [-0.2, -0.15) is 0 Å². The first-order valence-electron chi connectivity index (χ1n) is 24.1. The Balaban J connectivity index is 2.44. The van der Waals surface area contributed by atoms with Gasteiger partial charge in [0.25, 0.3) is 0 Å². The summed E-state index contributed by atoms with van der Waals surface area (Å²) in [6.07, 6.45) is 55.0. The Morgan fingerprint density at radius 3 is 1.40 bits per heavy atom. The lowest BCUT2D eigenvalue weighted by Gasteiger charge is -2.40. The summed E-state index contributed by atoms with van der Waals surface area (Å²) >= 11 is 0. The maximum Gasteiger partial charge on any atom is 0.243 e. The Labute approximate surface area is 391 Å². The number of aliphatic hydroxyl groups excluding tert-OH is 4. The predicted molar refractivity (Wildman–Crippen MR) is 266 cm³/mol. The van der Waals surface area contributed by atoms with Gasteiger partial charge in [-0.05, 0) is 109 Å². The SMILES string of the molecule is CC/C=C\C/C=C\C/C=C\C/C=C\C/C=C\C/C=C\CCC(=O)NCCCC[C@H](NC(=O)CCC/C=C\C/C=C\C/C=C\C/C=C\C/C=C\CC)C(=O)NC1[C@H](O)OC(CO)[C@@H](O)[C@H]1O. The highest BCUT2D eigenvalue weighted by Crippen LogP contribution is 2.20. The van der Waals surface area contributed by atoms with E-state index < -0.39 is 49.2 Å². The fourth-order valence-electron chi connectivity index (χ4n) is 6.45. The van der Waals surface area contributed by atoms with Crippen LogP contribution >= 0.6 is 0 Å². The number of nitrogens with one attached hydrogen (secondary N) is 3. The molecule has 0 aromatic rings. The number of allylic oxidation sites excluding steroid dienone is 22. The number of hydrogen-bond donors (Lipinski definition) is 7. The second-order valence-electron chi connectivity index (χ2n) is 15.8. The number of rotatable bonds is 36. The lowest BCUT2D eigenvalue weighted by molar-refractivity contribution is -0.254. The van der Waals surface area contributed by atoms with Crippen LogP contribution in [0.25, 0.3) is 0 Å². The molecule has 362 valence electrons. The third-order valence-electron chi connectivity index (χ3n) is 10.2. The monoisotopic (exact) mass is 902 g/mol. The number of ether oxygens (including phenoxy) is 1. The normalized spacial score (nSPS) is 20.4. The summed E-state index contributed by atoms with van der Waals surface area (Å²) in [6, 6.07) is -2.37. The van der Waals surface area contributed by atoms with Gasteiger partial charge in [0, 0.05) is 19.4 Å². The first-order chi connectivity index (χ1) is 31.7. The average Bonchev–Trinajstić information content (AvgIpc) is 3.30. The van der Waals surface area contributed by atoms with Gasteiger partial charge in [-0.3, -0.25) is 14.4 Å². The number of aliphatic hydroxyl groups is 4. The second-order valence-corrected chi connectivity index (χ2v) is 15.8. The molecule has 0 saturated carbocycles. The van der Waals surface area contributed by atoms with Gasteiger partial charge in [-0.25, -0.2) is 0 Å². The maximum atomic E-state index is 13.4. The second kappa shape index (κ2) is 42.0. The molecule has 2 unspecified atom stereocenters. The van der Waals surface area contributed by atoms with E-state index >= 15 is 0 Å². The van der Waals surface area contributed by atoms with E-state index in [1.165, 1.54) is 0 Å². The molecule has 0 aromatic carbocycles. The number of hydrogen-bond acceptors (Lipinski definition) is 8. The topological polar surface area (TPSA) is 177 Å². The summed E-state index contributed by atoms with van der Waals surface area (Å²) < 4.78 is 5.18. The molecule has 1 fully saturated rings. The van der Waals surface area contributed by atoms with Crippen LogP contribution in [0.5, 0.6) is 0 Å². The minimum atomic E-state index is -1.68. The standard InChI is InChI=1S/C54H83N3O8/c1-3-5-7-9-11-13-15-17-19-21-22-24-25-27-29-31-33-35-37-42-48(59)55-44-40-39-41-46(53(63)57-50-52(62)51(61)47(45-58)65-54(50)64)56-49(60)43-38-36-34-32-30-28-26-23-20-18-16-14-12-10-8-6-4-2/h5-8,11-14,17-20,22,24,26-29,32-35,46-47,50-52,54,58,61-62,64H,3-4,9-10,15-16,21,23,25,30-31,36-45H2,1-2H3,(H,55,59)(H,56,60)(H,57,63)/b7-5-,8-6-,13-11-,14-12-,19-17-,20-18-,24-22-,28-26-,29-27-,34-32-,35-33-/t46-,47?,50?,51+,52-,54+/m0/s1. The first-order valence-corrected chi connectivity index (χ1v) is 24.1. The number of carbonyl (C=O) groups excluding carboxylic acids is 3. The highest BCUT2D eigenvalue weighted by Gasteiger charge is 2.44. The lowest BCUT2D eigenvalue weighted by atomic mass is 9.96. The van der Waals surface area contributed by atoms with Crippen molar-refractivity contribution < 1.29 is 39.5 Å². The highest BCUT2D eigenvalue weighted by molar-refractivity contribution is 5.87. The van der Waals surface area contributed by atoms with Crippen molar-refractivity contribution in [2.75, 3.05) is 13.2 Å². The van der Waals surface area contributed by atoms with E-state index in [9.17, 15) is 34.8 Å². The van der Waals surface area contributed by atoms with Crippen LogP contribution in [0.1, 0.15) is 136 Å². The summed E-state index contributed by atoms with van der Waals surface area (Å²) in [5, 5.41) is 48.9. The van der Waals surface area contributed by atoms with Crippen molar-refractivity contribution in [1.82, 2.24) is 16.0 Å². The fourth-order valence-corrected chi connectivity index (χ4v) is 6.45. The van der Waals surface area contributed by atoms with Gasteiger partial charge in [0.05, 0.1) is 6.61 Å². The van der Waals surface area contributed by atoms with Crippen LogP contribution in [0.3, 0.4) is 0 Å². The van der Waals surface area contributed by atoms with Crippen molar-refractivity contribution in [2.45, 2.75) is 173 Å². The molecule has 1 heterocycles. The zero-order valence-corrected chi connectivity index (χ0v) is 39.4. The van der Waals surface area contributed by atoms with Crippen LogP contribution in [0.4, 0.5) is 0 Å². The third kappa shape index (κ3) is 32.6. The zero-order valence-electron chi connectivity index (χ0n) is 39.4. The van der Waals surface area contributed by atoms with E-state index in [4.69, 9.17) is 4.74 Å². The number of unbranched alkanes of at least 4 members (excludes halogenated alkanes) is 2. The van der Waals surface area contributed by atoms with Crippen LogP contribution in [-0.4, -0.2) is 88.0 Å². The third-order valence-corrected chi connectivity index (χ3v) is 10.2.